The molecule has 1 aliphatic heterocycles. The first-order chi connectivity index (χ1) is 9.96. The molecule has 1 atom stereocenters. The van der Waals surface area contributed by atoms with Crippen molar-refractivity contribution in [1.29, 1.82) is 0 Å². The highest BCUT2D eigenvalue weighted by Crippen LogP contribution is 2.32. The summed E-state index contributed by atoms with van der Waals surface area (Å²) >= 11 is 0. The second-order valence-electron chi connectivity index (χ2n) is 5.10. The van der Waals surface area contributed by atoms with E-state index in [-0.39, 0.29) is 6.04 Å². The molecule has 0 amide bonds. The lowest BCUT2D eigenvalue weighted by atomic mass is 10.1. The van der Waals surface area contributed by atoms with E-state index >= 15 is 0 Å². The lowest BCUT2D eigenvalue weighted by Gasteiger charge is -2.16. The maximum Gasteiger partial charge on any atom is 0.208 e. The molecular formula is C14H22N2O4S. The molecule has 1 aromatic carbocycles. The quantitative estimate of drug-likeness (QED) is 0.768. The summed E-state index contributed by atoms with van der Waals surface area (Å²) in [5.41, 5.74) is 1.08. The number of hydrogen-bond acceptors (Lipinski definition) is 5. The average molecular weight is 314 g/mol. The molecule has 1 unspecified atom stereocenters. The molecule has 2 rings (SSSR count). The number of hydrogen-bond donors (Lipinski definition) is 2. The van der Waals surface area contributed by atoms with Gasteiger partial charge in [-0.25, -0.2) is 13.1 Å². The molecule has 21 heavy (non-hydrogen) atoms. The third-order valence-corrected chi connectivity index (χ3v) is 3.94. The van der Waals surface area contributed by atoms with Crippen molar-refractivity contribution in [3.63, 3.8) is 0 Å². The van der Waals surface area contributed by atoms with Gasteiger partial charge in [-0.05, 0) is 24.6 Å². The highest BCUT2D eigenvalue weighted by atomic mass is 32.2. The Hall–Kier alpha value is -1.31. The number of nitrogens with one attached hydrogen (secondary N) is 2. The molecule has 1 heterocycles. The van der Waals surface area contributed by atoms with Crippen LogP contribution >= 0.6 is 0 Å². The average Bonchev–Trinajstić information content (AvgIpc) is 2.66. The summed E-state index contributed by atoms with van der Waals surface area (Å²) in [7, 11) is -3.13. The fraction of sp³-hybridized carbons (Fsp3) is 0.571. The van der Waals surface area contributed by atoms with Crippen LogP contribution in [-0.2, 0) is 10.0 Å². The van der Waals surface area contributed by atoms with Gasteiger partial charge in [-0.15, -0.1) is 0 Å². The summed E-state index contributed by atoms with van der Waals surface area (Å²) in [4.78, 5) is 0. The Morgan fingerprint density at radius 3 is 2.62 bits per heavy atom. The molecule has 1 aliphatic rings. The molecule has 0 radical (unpaired) electrons. The largest absolute Gasteiger partial charge is 0.490 e. The molecule has 2 N–H and O–H groups in total. The summed E-state index contributed by atoms with van der Waals surface area (Å²) in [5.74, 6) is 1.55. The Labute approximate surface area is 125 Å². The Kier molecular flexibility index (Phi) is 5.44. The molecule has 0 aliphatic carbocycles. The van der Waals surface area contributed by atoms with Crippen LogP contribution < -0.4 is 19.5 Å². The molecule has 0 aromatic heterocycles. The molecule has 0 bridgehead atoms. The van der Waals surface area contributed by atoms with Crippen LogP contribution in [0.3, 0.4) is 0 Å². The van der Waals surface area contributed by atoms with E-state index in [4.69, 9.17) is 9.47 Å². The third-order valence-electron chi connectivity index (χ3n) is 3.21. The summed E-state index contributed by atoms with van der Waals surface area (Å²) in [6.07, 6.45) is 2.04. The van der Waals surface area contributed by atoms with Gasteiger partial charge in [0, 0.05) is 25.6 Å². The van der Waals surface area contributed by atoms with Gasteiger partial charge in [-0.3, -0.25) is 0 Å². The van der Waals surface area contributed by atoms with Crippen molar-refractivity contribution in [2.45, 2.75) is 19.4 Å². The summed E-state index contributed by atoms with van der Waals surface area (Å²) in [5, 5.41) is 3.27. The van der Waals surface area contributed by atoms with E-state index in [1.54, 1.807) is 0 Å². The fourth-order valence-corrected chi connectivity index (χ4v) is 2.57. The van der Waals surface area contributed by atoms with E-state index in [0.29, 0.717) is 26.3 Å². The van der Waals surface area contributed by atoms with Crippen LogP contribution in [0.5, 0.6) is 11.5 Å². The van der Waals surface area contributed by atoms with Gasteiger partial charge in [0.2, 0.25) is 10.0 Å². The van der Waals surface area contributed by atoms with Gasteiger partial charge < -0.3 is 14.8 Å². The van der Waals surface area contributed by atoms with Crippen LogP contribution in [0.1, 0.15) is 24.9 Å². The van der Waals surface area contributed by atoms with Crippen LogP contribution in [0, 0.1) is 0 Å². The van der Waals surface area contributed by atoms with Crippen molar-refractivity contribution < 1.29 is 17.9 Å². The molecule has 0 saturated carbocycles. The van der Waals surface area contributed by atoms with E-state index in [1.807, 2.05) is 25.1 Å². The molecule has 1 aromatic rings. The van der Waals surface area contributed by atoms with Crippen molar-refractivity contribution in [3.05, 3.63) is 23.8 Å². The molecule has 0 spiro atoms. The van der Waals surface area contributed by atoms with Gasteiger partial charge in [-0.1, -0.05) is 6.07 Å². The standard InChI is InChI=1S/C14H22N2O4S/c1-11(15-6-7-16-21(2,17)18)12-4-5-13-14(10-12)20-9-3-8-19-13/h4-5,10-11,15-16H,3,6-9H2,1-2H3. The molecule has 0 saturated heterocycles. The molecule has 0 fully saturated rings. The van der Waals surface area contributed by atoms with E-state index in [0.717, 1.165) is 29.7 Å². The Morgan fingerprint density at radius 1 is 1.19 bits per heavy atom. The first-order valence-electron chi connectivity index (χ1n) is 7.03. The molecule has 7 heteroatoms. The second kappa shape index (κ2) is 7.11. The smallest absolute Gasteiger partial charge is 0.208 e. The number of sulfonamides is 1. The van der Waals surface area contributed by atoms with Gasteiger partial charge in [0.25, 0.3) is 0 Å². The van der Waals surface area contributed by atoms with Crippen molar-refractivity contribution in [2.24, 2.45) is 0 Å². The number of fused-ring (bicyclic) bond motifs is 1. The number of benzene rings is 1. The lowest BCUT2D eigenvalue weighted by Crippen LogP contribution is -2.32. The van der Waals surface area contributed by atoms with Gasteiger partial charge in [0.05, 0.1) is 19.5 Å². The van der Waals surface area contributed by atoms with E-state index in [1.165, 1.54) is 0 Å². The monoisotopic (exact) mass is 314 g/mol. The van der Waals surface area contributed by atoms with Crippen LogP contribution in [0.2, 0.25) is 0 Å². The fourth-order valence-electron chi connectivity index (χ4n) is 2.09. The minimum atomic E-state index is -3.13. The first kappa shape index (κ1) is 16.1. The zero-order valence-electron chi connectivity index (χ0n) is 12.4. The topological polar surface area (TPSA) is 76.7 Å². The molecule has 118 valence electrons. The predicted molar refractivity (Wildman–Crippen MR) is 81.3 cm³/mol. The normalized spacial score (nSPS) is 16.3. The maximum atomic E-state index is 11.0. The van der Waals surface area contributed by atoms with E-state index < -0.39 is 10.0 Å². The molecule has 6 nitrogen and oxygen atoms in total. The van der Waals surface area contributed by atoms with E-state index in [9.17, 15) is 8.42 Å². The Morgan fingerprint density at radius 2 is 1.90 bits per heavy atom. The number of ether oxygens (including phenoxy) is 2. The Bertz CT molecular complexity index is 574. The van der Waals surface area contributed by atoms with Crippen LogP contribution in [0.15, 0.2) is 18.2 Å². The van der Waals surface area contributed by atoms with Crippen molar-refractivity contribution in [3.8, 4) is 11.5 Å². The molecular weight excluding hydrogens is 292 g/mol. The minimum Gasteiger partial charge on any atom is -0.490 e. The van der Waals surface area contributed by atoms with Crippen molar-refractivity contribution in [1.82, 2.24) is 10.0 Å². The highest BCUT2D eigenvalue weighted by molar-refractivity contribution is 7.88. The van der Waals surface area contributed by atoms with Crippen LogP contribution in [0.4, 0.5) is 0 Å². The lowest BCUT2D eigenvalue weighted by molar-refractivity contribution is 0.297. The first-order valence-corrected chi connectivity index (χ1v) is 8.92. The van der Waals surface area contributed by atoms with Crippen molar-refractivity contribution in [2.75, 3.05) is 32.6 Å². The SMILES string of the molecule is CC(NCCNS(C)(=O)=O)c1ccc2c(c1)OCCCO2. The van der Waals surface area contributed by atoms with Crippen molar-refractivity contribution >= 4 is 10.0 Å². The Balaban J connectivity index is 1.90. The second-order valence-corrected chi connectivity index (χ2v) is 6.93. The van der Waals surface area contributed by atoms with Crippen LogP contribution in [-0.4, -0.2) is 41.0 Å². The maximum absolute atomic E-state index is 11.0. The zero-order valence-corrected chi connectivity index (χ0v) is 13.2. The van der Waals surface area contributed by atoms with Gasteiger partial charge >= 0.3 is 0 Å². The predicted octanol–water partition coefficient (Wildman–Crippen LogP) is 1.05. The summed E-state index contributed by atoms with van der Waals surface area (Å²) in [6.45, 7) is 4.30. The summed E-state index contributed by atoms with van der Waals surface area (Å²) in [6, 6.07) is 5.99. The third kappa shape index (κ3) is 5.18. The van der Waals surface area contributed by atoms with Gasteiger partial charge in [-0.2, -0.15) is 0 Å². The highest BCUT2D eigenvalue weighted by Gasteiger charge is 2.13. The van der Waals surface area contributed by atoms with Gasteiger partial charge in [0.1, 0.15) is 0 Å². The minimum absolute atomic E-state index is 0.100. The van der Waals surface area contributed by atoms with Gasteiger partial charge in [0.15, 0.2) is 11.5 Å². The summed E-state index contributed by atoms with van der Waals surface area (Å²) < 4.78 is 35.7. The van der Waals surface area contributed by atoms with Crippen LogP contribution in [0.25, 0.3) is 0 Å². The zero-order chi connectivity index (χ0) is 15.3. The van der Waals surface area contributed by atoms with E-state index in [2.05, 4.69) is 10.0 Å². The number of rotatable bonds is 6.